The van der Waals surface area contributed by atoms with Gasteiger partial charge in [-0.1, -0.05) is 30.3 Å². The molecule has 2 rings (SSSR count). The van der Waals surface area contributed by atoms with Crippen molar-refractivity contribution in [3.05, 3.63) is 53.9 Å². The van der Waals surface area contributed by atoms with Gasteiger partial charge in [0.2, 0.25) is 10.0 Å². The van der Waals surface area contributed by atoms with Gasteiger partial charge in [0.1, 0.15) is 0 Å². The van der Waals surface area contributed by atoms with Crippen LogP contribution < -0.4 is 5.14 Å². The SMILES string of the molecule is NS(=O)(=O)Cc1cnn(Cc2ccccc2)c1. The highest BCUT2D eigenvalue weighted by Crippen LogP contribution is 2.05. The summed E-state index contributed by atoms with van der Waals surface area (Å²) in [5.41, 5.74) is 1.71. The number of hydrogen-bond donors (Lipinski definition) is 1. The van der Waals surface area contributed by atoms with Crippen LogP contribution in [0.3, 0.4) is 0 Å². The molecule has 0 bridgehead atoms. The summed E-state index contributed by atoms with van der Waals surface area (Å²) in [5.74, 6) is -0.179. The molecule has 17 heavy (non-hydrogen) atoms. The fourth-order valence-electron chi connectivity index (χ4n) is 1.57. The predicted molar refractivity (Wildman–Crippen MR) is 64.6 cm³/mol. The lowest BCUT2D eigenvalue weighted by molar-refractivity contribution is 0.597. The lowest BCUT2D eigenvalue weighted by Gasteiger charge is -2.00. The van der Waals surface area contributed by atoms with Gasteiger partial charge in [0.15, 0.2) is 0 Å². The summed E-state index contributed by atoms with van der Waals surface area (Å²) in [4.78, 5) is 0. The van der Waals surface area contributed by atoms with E-state index in [2.05, 4.69) is 5.10 Å². The van der Waals surface area contributed by atoms with Crippen LogP contribution in [0.1, 0.15) is 11.1 Å². The number of aromatic nitrogens is 2. The standard InChI is InChI=1S/C11H13N3O2S/c12-17(15,16)9-11-6-13-14(8-11)7-10-4-2-1-3-5-10/h1-6,8H,7,9H2,(H2,12,15,16). The van der Waals surface area contributed by atoms with Crippen LogP contribution in [0.2, 0.25) is 0 Å². The molecule has 0 saturated carbocycles. The van der Waals surface area contributed by atoms with E-state index >= 15 is 0 Å². The topological polar surface area (TPSA) is 78.0 Å². The van der Waals surface area contributed by atoms with E-state index in [1.54, 1.807) is 10.9 Å². The minimum Gasteiger partial charge on any atom is -0.268 e. The van der Waals surface area contributed by atoms with E-state index in [1.165, 1.54) is 6.20 Å². The monoisotopic (exact) mass is 251 g/mol. The molecule has 0 amide bonds. The molecular weight excluding hydrogens is 238 g/mol. The van der Waals surface area contributed by atoms with Crippen LogP contribution in [0, 0.1) is 0 Å². The van der Waals surface area contributed by atoms with Gasteiger partial charge in [0.25, 0.3) is 0 Å². The molecule has 0 aliphatic heterocycles. The minimum absolute atomic E-state index is 0.179. The van der Waals surface area contributed by atoms with Gasteiger partial charge in [-0.15, -0.1) is 0 Å². The summed E-state index contributed by atoms with van der Waals surface area (Å²) < 4.78 is 23.5. The Bertz CT molecular complexity index is 590. The molecular formula is C11H13N3O2S. The molecule has 0 fully saturated rings. The number of nitrogens with two attached hydrogens (primary N) is 1. The Morgan fingerprint density at radius 1 is 1.18 bits per heavy atom. The van der Waals surface area contributed by atoms with Crippen LogP contribution in [0.25, 0.3) is 0 Å². The van der Waals surface area contributed by atoms with Crippen molar-refractivity contribution in [1.82, 2.24) is 9.78 Å². The van der Waals surface area contributed by atoms with Crippen molar-refractivity contribution >= 4 is 10.0 Å². The molecule has 0 saturated heterocycles. The first-order chi connectivity index (χ1) is 8.03. The van der Waals surface area contributed by atoms with Crippen LogP contribution in [0.15, 0.2) is 42.7 Å². The second-order valence-electron chi connectivity index (χ2n) is 3.84. The molecule has 0 unspecified atom stereocenters. The Balaban J connectivity index is 2.09. The molecule has 0 spiro atoms. The smallest absolute Gasteiger partial charge is 0.213 e. The summed E-state index contributed by atoms with van der Waals surface area (Å²) >= 11 is 0. The van der Waals surface area contributed by atoms with Gasteiger partial charge in [-0.05, 0) is 5.56 Å². The van der Waals surface area contributed by atoms with Crippen LogP contribution >= 0.6 is 0 Å². The van der Waals surface area contributed by atoms with Gasteiger partial charge >= 0.3 is 0 Å². The Morgan fingerprint density at radius 2 is 1.88 bits per heavy atom. The number of benzene rings is 1. The summed E-state index contributed by atoms with van der Waals surface area (Å²) in [7, 11) is -3.49. The van der Waals surface area contributed by atoms with Crippen molar-refractivity contribution in [2.45, 2.75) is 12.3 Å². The van der Waals surface area contributed by atoms with E-state index in [4.69, 9.17) is 5.14 Å². The zero-order valence-electron chi connectivity index (χ0n) is 9.15. The quantitative estimate of drug-likeness (QED) is 0.869. The lowest BCUT2D eigenvalue weighted by Crippen LogP contribution is -2.14. The van der Waals surface area contributed by atoms with E-state index in [1.807, 2.05) is 30.3 Å². The van der Waals surface area contributed by atoms with Gasteiger partial charge in [0, 0.05) is 11.8 Å². The van der Waals surface area contributed by atoms with Crippen molar-refractivity contribution < 1.29 is 8.42 Å². The third-order valence-electron chi connectivity index (χ3n) is 2.24. The predicted octanol–water partition coefficient (Wildman–Crippen LogP) is 0.720. The van der Waals surface area contributed by atoms with Crippen molar-refractivity contribution in [2.75, 3.05) is 0 Å². The lowest BCUT2D eigenvalue weighted by atomic mass is 10.2. The van der Waals surface area contributed by atoms with Gasteiger partial charge in [0.05, 0.1) is 18.5 Å². The second-order valence-corrected chi connectivity index (χ2v) is 5.45. The van der Waals surface area contributed by atoms with E-state index in [-0.39, 0.29) is 5.75 Å². The highest BCUT2D eigenvalue weighted by atomic mass is 32.2. The summed E-state index contributed by atoms with van der Waals surface area (Å²) in [6, 6.07) is 9.81. The summed E-state index contributed by atoms with van der Waals surface area (Å²) in [6.45, 7) is 0.617. The minimum atomic E-state index is -3.49. The molecule has 5 nitrogen and oxygen atoms in total. The zero-order valence-corrected chi connectivity index (χ0v) is 9.97. The number of rotatable bonds is 4. The molecule has 2 aromatic rings. The molecule has 0 aliphatic carbocycles. The average molecular weight is 251 g/mol. The maximum atomic E-state index is 10.9. The van der Waals surface area contributed by atoms with Gasteiger partial charge < -0.3 is 0 Å². The average Bonchev–Trinajstić information content (AvgIpc) is 2.64. The second kappa shape index (κ2) is 4.68. The van der Waals surface area contributed by atoms with Gasteiger partial charge in [-0.3, -0.25) is 4.68 Å². The Morgan fingerprint density at radius 3 is 2.53 bits per heavy atom. The number of primary sulfonamides is 1. The maximum absolute atomic E-state index is 10.9. The first-order valence-electron chi connectivity index (χ1n) is 5.09. The molecule has 6 heteroatoms. The Hall–Kier alpha value is -1.66. The molecule has 0 radical (unpaired) electrons. The van der Waals surface area contributed by atoms with Crippen molar-refractivity contribution in [2.24, 2.45) is 5.14 Å². The molecule has 0 aliphatic rings. The number of sulfonamides is 1. The molecule has 2 N–H and O–H groups in total. The number of nitrogens with zero attached hydrogens (tertiary/aromatic N) is 2. The van der Waals surface area contributed by atoms with Gasteiger partial charge in [-0.25, -0.2) is 13.6 Å². The summed E-state index contributed by atoms with van der Waals surface area (Å²) in [5, 5.41) is 9.06. The maximum Gasteiger partial charge on any atom is 0.213 e. The van der Waals surface area contributed by atoms with E-state index in [9.17, 15) is 8.42 Å². The van der Waals surface area contributed by atoms with Crippen LogP contribution in [-0.2, 0) is 22.3 Å². The van der Waals surface area contributed by atoms with Crippen LogP contribution in [0.5, 0.6) is 0 Å². The van der Waals surface area contributed by atoms with Crippen molar-refractivity contribution in [3.63, 3.8) is 0 Å². The Labute approximate surface area is 99.9 Å². The fourth-order valence-corrected chi connectivity index (χ4v) is 2.18. The zero-order chi connectivity index (χ0) is 12.3. The van der Waals surface area contributed by atoms with Crippen molar-refractivity contribution in [1.29, 1.82) is 0 Å². The highest BCUT2D eigenvalue weighted by Gasteiger charge is 2.07. The molecule has 1 aromatic carbocycles. The van der Waals surface area contributed by atoms with Crippen LogP contribution in [0.4, 0.5) is 0 Å². The van der Waals surface area contributed by atoms with E-state index < -0.39 is 10.0 Å². The van der Waals surface area contributed by atoms with E-state index in [0.717, 1.165) is 5.56 Å². The highest BCUT2D eigenvalue weighted by molar-refractivity contribution is 7.88. The molecule has 1 aromatic heterocycles. The van der Waals surface area contributed by atoms with Gasteiger partial charge in [-0.2, -0.15) is 5.10 Å². The normalized spacial score (nSPS) is 11.6. The van der Waals surface area contributed by atoms with Crippen molar-refractivity contribution in [3.8, 4) is 0 Å². The molecule has 1 heterocycles. The van der Waals surface area contributed by atoms with E-state index in [0.29, 0.717) is 12.1 Å². The van der Waals surface area contributed by atoms with Crippen LogP contribution in [-0.4, -0.2) is 18.2 Å². The third-order valence-corrected chi connectivity index (χ3v) is 2.98. The molecule has 90 valence electrons. The molecule has 0 atom stereocenters. The third kappa shape index (κ3) is 3.69. The largest absolute Gasteiger partial charge is 0.268 e. The first-order valence-corrected chi connectivity index (χ1v) is 6.80. The Kier molecular flexibility index (Phi) is 3.26. The first kappa shape index (κ1) is 11.8. The number of hydrogen-bond acceptors (Lipinski definition) is 3. The summed E-state index contributed by atoms with van der Waals surface area (Å²) in [6.07, 6.45) is 3.21. The fraction of sp³-hybridized carbons (Fsp3) is 0.182.